The van der Waals surface area contributed by atoms with E-state index in [1.54, 1.807) is 6.07 Å². The van der Waals surface area contributed by atoms with Crippen molar-refractivity contribution >= 4 is 28.9 Å². The van der Waals surface area contributed by atoms with Crippen LogP contribution in [0.25, 0.3) is 0 Å². The fraction of sp³-hybridized carbons (Fsp3) is 0.125. The molecular formula is C8H5Cl2N. The molecule has 0 spiro atoms. The zero-order chi connectivity index (χ0) is 7.84. The third-order valence-corrected chi connectivity index (χ3v) is 2.11. The summed E-state index contributed by atoms with van der Waals surface area (Å²) in [6.45, 7) is 0.821. The van der Waals surface area contributed by atoms with Gasteiger partial charge in [0.05, 0.1) is 17.3 Å². The van der Waals surface area contributed by atoms with Gasteiger partial charge in [-0.2, -0.15) is 0 Å². The Morgan fingerprint density at radius 3 is 2.55 bits per heavy atom. The number of hydrogen-bond donors (Lipinski definition) is 0. The molecule has 0 saturated carbocycles. The number of benzene rings is 1. The average molecular weight is 186 g/mol. The summed E-state index contributed by atoms with van der Waals surface area (Å²) in [5.74, 6) is 0. The minimum absolute atomic E-state index is 0.667. The lowest BCUT2D eigenvalue weighted by molar-refractivity contribution is 1.57. The van der Waals surface area contributed by atoms with E-state index in [1.807, 2.05) is 12.1 Å². The summed E-state index contributed by atoms with van der Waals surface area (Å²) in [5.41, 5.74) is 2.09. The number of halogens is 2. The normalized spacial score (nSPS) is 14.5. The monoisotopic (exact) mass is 185 g/mol. The first kappa shape index (κ1) is 7.14. The van der Waals surface area contributed by atoms with Crippen LogP contribution in [0.5, 0.6) is 0 Å². The molecule has 0 fully saturated rings. The van der Waals surface area contributed by atoms with Gasteiger partial charge in [-0.3, -0.25) is 4.99 Å². The van der Waals surface area contributed by atoms with Crippen LogP contribution in [0.4, 0.5) is 0 Å². The standard InChI is InChI=1S/C8H5Cl2N/c9-5-1-2-6(7(10)3-5)8-4-11-8/h1-3H,4H2. The molecule has 1 aliphatic heterocycles. The lowest BCUT2D eigenvalue weighted by Gasteiger charge is -1.96. The second-order valence-electron chi connectivity index (χ2n) is 2.39. The minimum atomic E-state index is 0.667. The molecule has 1 nitrogen and oxygen atoms in total. The van der Waals surface area contributed by atoms with Gasteiger partial charge in [0.25, 0.3) is 0 Å². The van der Waals surface area contributed by atoms with Gasteiger partial charge in [-0.15, -0.1) is 0 Å². The highest BCUT2D eigenvalue weighted by Gasteiger charge is 2.15. The molecule has 3 heteroatoms. The Morgan fingerprint density at radius 1 is 1.27 bits per heavy atom. The predicted molar refractivity (Wildman–Crippen MR) is 47.9 cm³/mol. The maximum atomic E-state index is 5.90. The Morgan fingerprint density at radius 2 is 2.00 bits per heavy atom. The lowest BCUT2D eigenvalue weighted by atomic mass is 10.2. The van der Waals surface area contributed by atoms with Gasteiger partial charge in [-0.05, 0) is 12.1 Å². The molecule has 1 aromatic rings. The van der Waals surface area contributed by atoms with Crippen molar-refractivity contribution in [3.63, 3.8) is 0 Å². The van der Waals surface area contributed by atoms with E-state index in [0.717, 1.165) is 17.8 Å². The molecule has 0 unspecified atom stereocenters. The van der Waals surface area contributed by atoms with E-state index >= 15 is 0 Å². The largest absolute Gasteiger partial charge is 0.281 e. The predicted octanol–water partition coefficient (Wildman–Crippen LogP) is 2.80. The highest BCUT2D eigenvalue weighted by molar-refractivity contribution is 6.37. The summed E-state index contributed by atoms with van der Waals surface area (Å²) >= 11 is 11.6. The van der Waals surface area contributed by atoms with Gasteiger partial charge in [-0.1, -0.05) is 29.3 Å². The van der Waals surface area contributed by atoms with Gasteiger partial charge < -0.3 is 0 Å². The molecule has 0 aliphatic carbocycles. The van der Waals surface area contributed by atoms with Crippen LogP contribution in [0.1, 0.15) is 5.56 Å². The third-order valence-electron chi connectivity index (χ3n) is 1.56. The first-order valence-electron chi connectivity index (χ1n) is 3.26. The van der Waals surface area contributed by atoms with Gasteiger partial charge in [-0.25, -0.2) is 0 Å². The number of aliphatic imine (C=N–C) groups is 1. The van der Waals surface area contributed by atoms with Crippen molar-refractivity contribution in [2.75, 3.05) is 6.54 Å². The lowest BCUT2D eigenvalue weighted by Crippen LogP contribution is -1.87. The number of nitrogens with zero attached hydrogens (tertiary/aromatic N) is 1. The van der Waals surface area contributed by atoms with Crippen molar-refractivity contribution in [1.82, 2.24) is 0 Å². The fourth-order valence-corrected chi connectivity index (χ4v) is 1.45. The van der Waals surface area contributed by atoms with E-state index in [4.69, 9.17) is 23.2 Å². The molecule has 1 aromatic carbocycles. The Bertz CT molecular complexity index is 331. The average Bonchev–Trinajstić information content (AvgIpc) is 2.70. The van der Waals surface area contributed by atoms with Crippen LogP contribution in [0, 0.1) is 0 Å². The van der Waals surface area contributed by atoms with Crippen LogP contribution in [0.15, 0.2) is 23.2 Å². The summed E-state index contributed by atoms with van der Waals surface area (Å²) in [4.78, 5) is 4.05. The second kappa shape index (κ2) is 2.50. The van der Waals surface area contributed by atoms with Crippen LogP contribution in [0.3, 0.4) is 0 Å². The zero-order valence-corrected chi connectivity index (χ0v) is 7.15. The fourth-order valence-electron chi connectivity index (χ4n) is 0.933. The molecule has 56 valence electrons. The molecule has 2 rings (SSSR count). The maximum absolute atomic E-state index is 5.90. The van der Waals surface area contributed by atoms with Crippen LogP contribution in [-0.4, -0.2) is 12.3 Å². The van der Waals surface area contributed by atoms with Crippen molar-refractivity contribution in [3.05, 3.63) is 33.8 Å². The Hall–Kier alpha value is -0.530. The molecule has 0 radical (unpaired) electrons. The second-order valence-corrected chi connectivity index (χ2v) is 3.23. The van der Waals surface area contributed by atoms with E-state index in [0.29, 0.717) is 10.0 Å². The van der Waals surface area contributed by atoms with Crippen LogP contribution >= 0.6 is 23.2 Å². The molecule has 1 heterocycles. The molecule has 0 aromatic heterocycles. The molecule has 0 N–H and O–H groups in total. The minimum Gasteiger partial charge on any atom is -0.281 e. The Labute approximate surface area is 74.7 Å². The van der Waals surface area contributed by atoms with Crippen molar-refractivity contribution in [1.29, 1.82) is 0 Å². The quantitative estimate of drug-likeness (QED) is 0.639. The molecule has 0 atom stereocenters. The highest BCUT2D eigenvalue weighted by atomic mass is 35.5. The van der Waals surface area contributed by atoms with Crippen molar-refractivity contribution < 1.29 is 0 Å². The molecular weight excluding hydrogens is 181 g/mol. The Balaban J connectivity index is 2.48. The summed E-state index contributed by atoms with van der Waals surface area (Å²) in [5, 5.41) is 1.36. The first-order valence-corrected chi connectivity index (χ1v) is 4.02. The number of rotatable bonds is 1. The van der Waals surface area contributed by atoms with Gasteiger partial charge in [0.2, 0.25) is 0 Å². The summed E-state index contributed by atoms with van der Waals surface area (Å²) < 4.78 is 0. The van der Waals surface area contributed by atoms with Gasteiger partial charge >= 0.3 is 0 Å². The molecule has 0 bridgehead atoms. The van der Waals surface area contributed by atoms with E-state index in [1.165, 1.54) is 0 Å². The third kappa shape index (κ3) is 1.39. The zero-order valence-electron chi connectivity index (χ0n) is 5.64. The molecule has 0 amide bonds. The highest BCUT2D eigenvalue weighted by Crippen LogP contribution is 2.24. The Kier molecular flexibility index (Phi) is 1.63. The van der Waals surface area contributed by atoms with Gasteiger partial charge in [0.15, 0.2) is 0 Å². The smallest absolute Gasteiger partial charge is 0.0818 e. The van der Waals surface area contributed by atoms with Crippen LogP contribution < -0.4 is 0 Å². The summed E-state index contributed by atoms with van der Waals surface area (Å²) in [6, 6.07) is 5.46. The van der Waals surface area contributed by atoms with E-state index < -0.39 is 0 Å². The molecule has 11 heavy (non-hydrogen) atoms. The summed E-state index contributed by atoms with van der Waals surface area (Å²) in [7, 11) is 0. The van der Waals surface area contributed by atoms with Gasteiger partial charge in [0.1, 0.15) is 0 Å². The van der Waals surface area contributed by atoms with Crippen molar-refractivity contribution in [3.8, 4) is 0 Å². The van der Waals surface area contributed by atoms with Crippen LogP contribution in [-0.2, 0) is 0 Å². The van der Waals surface area contributed by atoms with E-state index in [9.17, 15) is 0 Å². The molecule has 0 saturated heterocycles. The first-order chi connectivity index (χ1) is 5.27. The van der Waals surface area contributed by atoms with Crippen molar-refractivity contribution in [2.45, 2.75) is 0 Å². The van der Waals surface area contributed by atoms with E-state index in [2.05, 4.69) is 4.99 Å². The van der Waals surface area contributed by atoms with Crippen LogP contribution in [0.2, 0.25) is 10.0 Å². The number of hydrogen-bond acceptors (Lipinski definition) is 1. The van der Waals surface area contributed by atoms with E-state index in [-0.39, 0.29) is 0 Å². The SMILES string of the molecule is Clc1ccc(C2=NC2)c(Cl)c1. The topological polar surface area (TPSA) is 12.4 Å². The van der Waals surface area contributed by atoms with Gasteiger partial charge in [0, 0.05) is 10.6 Å². The summed E-state index contributed by atoms with van der Waals surface area (Å²) in [6.07, 6.45) is 0. The molecule has 1 aliphatic rings. The van der Waals surface area contributed by atoms with Crippen molar-refractivity contribution in [2.24, 2.45) is 4.99 Å². The maximum Gasteiger partial charge on any atom is 0.0818 e.